The fourth-order valence-electron chi connectivity index (χ4n) is 6.64. The van der Waals surface area contributed by atoms with Crippen LogP contribution < -0.4 is 19.2 Å². The number of nitrogens with zero attached hydrogens (tertiary/aromatic N) is 1. The Morgan fingerprint density at radius 2 is 1.57 bits per heavy atom. The second-order valence-electron chi connectivity index (χ2n) is 15.0. The minimum absolute atomic E-state index is 0.193. The van der Waals surface area contributed by atoms with E-state index in [0.29, 0.717) is 5.92 Å². The first-order valence-electron chi connectivity index (χ1n) is 17.7. The normalized spacial score (nSPS) is 17.7. The second kappa shape index (κ2) is 15.9. The van der Waals surface area contributed by atoms with E-state index < -0.39 is 8.32 Å². The van der Waals surface area contributed by atoms with E-state index in [4.69, 9.17) is 13.9 Å². The summed E-state index contributed by atoms with van der Waals surface area (Å²) in [7, 11) is -0.0875. The van der Waals surface area contributed by atoms with Crippen LogP contribution in [0.3, 0.4) is 0 Å². The molecular weight excluding hydrogens is 585 g/mol. The topological polar surface area (TPSA) is 43.0 Å². The summed E-state index contributed by atoms with van der Waals surface area (Å²) in [6.07, 6.45) is 9.71. The van der Waals surface area contributed by atoms with Crippen molar-refractivity contribution in [2.75, 3.05) is 39.9 Å². The predicted molar refractivity (Wildman–Crippen MR) is 194 cm³/mol. The average Bonchev–Trinajstić information content (AvgIpc) is 3.32. The van der Waals surface area contributed by atoms with Crippen LogP contribution in [0.4, 0.5) is 0 Å². The molecule has 0 saturated carbocycles. The van der Waals surface area contributed by atoms with Crippen molar-refractivity contribution < 1.29 is 13.9 Å². The number of methoxy groups -OCH3 is 1. The maximum absolute atomic E-state index is 6.63. The summed E-state index contributed by atoms with van der Waals surface area (Å²) in [6, 6.07) is 22.1. The molecular formula is C40H58N2O3Si. The highest BCUT2D eigenvalue weighted by Crippen LogP contribution is 2.40. The Bertz CT molecular complexity index is 1390. The lowest BCUT2D eigenvalue weighted by Gasteiger charge is -2.37. The van der Waals surface area contributed by atoms with Crippen LogP contribution in [0.15, 0.2) is 60.7 Å². The fourth-order valence-corrected chi connectivity index (χ4v) is 7.67. The third-order valence-corrected chi connectivity index (χ3v) is 14.9. The van der Waals surface area contributed by atoms with Crippen LogP contribution in [-0.2, 0) is 25.8 Å². The van der Waals surface area contributed by atoms with E-state index in [9.17, 15) is 0 Å². The van der Waals surface area contributed by atoms with E-state index in [1.165, 1.54) is 66.6 Å². The number of likely N-dealkylation sites (tertiary alicyclic amines) is 1. The van der Waals surface area contributed by atoms with Crippen molar-refractivity contribution in [2.24, 2.45) is 0 Å². The number of ether oxygens (including phenoxy) is 2. The molecule has 5 nitrogen and oxygen atoms in total. The molecule has 1 fully saturated rings. The molecule has 5 rings (SSSR count). The molecule has 1 N–H and O–H groups in total. The van der Waals surface area contributed by atoms with Gasteiger partial charge >= 0.3 is 0 Å². The number of hydrogen-bond acceptors (Lipinski definition) is 5. The van der Waals surface area contributed by atoms with Gasteiger partial charge in [-0.1, -0.05) is 57.9 Å². The van der Waals surface area contributed by atoms with Crippen LogP contribution in [0, 0.1) is 0 Å². The number of benzene rings is 3. The molecule has 3 aromatic rings. The predicted octanol–water partition coefficient (Wildman–Crippen LogP) is 8.94. The Kier molecular flexibility index (Phi) is 11.9. The molecule has 1 saturated heterocycles. The van der Waals surface area contributed by atoms with E-state index in [0.717, 1.165) is 69.2 Å². The van der Waals surface area contributed by atoms with Crippen LogP contribution >= 0.6 is 0 Å². The fraction of sp³-hybridized carbons (Fsp3) is 0.550. The zero-order valence-corrected chi connectivity index (χ0v) is 30.4. The van der Waals surface area contributed by atoms with Gasteiger partial charge in [-0.2, -0.15) is 0 Å². The summed E-state index contributed by atoms with van der Waals surface area (Å²) < 4.78 is 18.3. The summed E-state index contributed by atoms with van der Waals surface area (Å²) in [4.78, 5) is 2.55. The zero-order chi connectivity index (χ0) is 32.6. The van der Waals surface area contributed by atoms with E-state index >= 15 is 0 Å². The van der Waals surface area contributed by atoms with Crippen LogP contribution in [0.25, 0.3) is 0 Å². The largest absolute Gasteiger partial charge is 0.543 e. The molecule has 0 aromatic heterocycles. The first kappa shape index (κ1) is 34.5. The SMILES string of the molecule is COc1ccc(C2CCc3cc(O[Si](C)(C)C(C)(C)C)ccc3C2)c(CCNCc2ccc(OCCN3CCCCCC3)cc2)c1. The number of fused-ring (bicyclic) bond motifs is 1. The van der Waals surface area contributed by atoms with Gasteiger partial charge in [-0.3, -0.25) is 4.90 Å². The highest BCUT2D eigenvalue weighted by Gasteiger charge is 2.39. The maximum atomic E-state index is 6.63. The number of aryl methyl sites for hydroxylation is 1. The molecule has 1 heterocycles. The lowest BCUT2D eigenvalue weighted by atomic mass is 9.78. The van der Waals surface area contributed by atoms with Crippen molar-refractivity contribution in [1.29, 1.82) is 0 Å². The molecule has 2 aliphatic rings. The summed E-state index contributed by atoms with van der Waals surface area (Å²) in [5.74, 6) is 3.47. The summed E-state index contributed by atoms with van der Waals surface area (Å²) in [5.41, 5.74) is 7.07. The molecule has 3 aromatic carbocycles. The molecule has 6 heteroatoms. The third-order valence-electron chi connectivity index (χ3n) is 10.6. The third kappa shape index (κ3) is 9.39. The van der Waals surface area contributed by atoms with Gasteiger partial charge in [0.25, 0.3) is 0 Å². The highest BCUT2D eigenvalue weighted by molar-refractivity contribution is 6.74. The lowest BCUT2D eigenvalue weighted by Crippen LogP contribution is -2.43. The van der Waals surface area contributed by atoms with Gasteiger partial charge in [-0.15, -0.1) is 0 Å². The summed E-state index contributed by atoms with van der Waals surface area (Å²) in [6.45, 7) is 17.5. The number of nitrogens with one attached hydrogen (secondary N) is 1. The molecule has 250 valence electrons. The Labute approximate surface area is 280 Å². The molecule has 0 spiro atoms. The first-order chi connectivity index (χ1) is 22.1. The number of hydrogen-bond donors (Lipinski definition) is 1. The van der Waals surface area contributed by atoms with Crippen molar-refractivity contribution in [3.8, 4) is 17.2 Å². The molecule has 0 radical (unpaired) electrons. The van der Waals surface area contributed by atoms with Gasteiger partial charge < -0.3 is 19.2 Å². The monoisotopic (exact) mass is 642 g/mol. The Morgan fingerprint density at radius 1 is 0.848 bits per heavy atom. The van der Waals surface area contributed by atoms with E-state index in [1.54, 1.807) is 7.11 Å². The molecule has 46 heavy (non-hydrogen) atoms. The Balaban J connectivity index is 1.12. The minimum atomic E-state index is -1.85. The van der Waals surface area contributed by atoms with Crippen molar-refractivity contribution in [3.05, 3.63) is 88.5 Å². The van der Waals surface area contributed by atoms with E-state index in [1.807, 2.05) is 0 Å². The lowest BCUT2D eigenvalue weighted by molar-refractivity contribution is 0.214. The molecule has 1 unspecified atom stereocenters. The summed E-state index contributed by atoms with van der Waals surface area (Å²) >= 11 is 0. The van der Waals surface area contributed by atoms with Crippen LogP contribution in [0.2, 0.25) is 18.1 Å². The Morgan fingerprint density at radius 3 is 2.28 bits per heavy atom. The van der Waals surface area contributed by atoms with Gasteiger partial charge in [-0.05, 0) is 146 Å². The van der Waals surface area contributed by atoms with Gasteiger partial charge in [0, 0.05) is 13.1 Å². The average molecular weight is 643 g/mol. The standard InChI is InChI=1S/C40H58N2O3Si/c1-40(2,3)46(5,6)45-38-18-15-32-27-34(14-13-33(32)28-38)39-20-19-37(43-4)29-35(39)21-22-41-30-31-11-16-36(17-12-31)44-26-25-42-23-9-7-8-10-24-42/h11-12,15-20,28-29,34,41H,7-10,13-14,21-27,30H2,1-6H3. The van der Waals surface area contributed by atoms with Gasteiger partial charge in [-0.25, -0.2) is 0 Å². The van der Waals surface area contributed by atoms with Crippen molar-refractivity contribution >= 4 is 8.32 Å². The minimum Gasteiger partial charge on any atom is -0.543 e. The quantitative estimate of drug-likeness (QED) is 0.149. The first-order valence-corrected chi connectivity index (χ1v) is 20.6. The van der Waals surface area contributed by atoms with Crippen LogP contribution in [0.1, 0.15) is 86.6 Å². The summed E-state index contributed by atoms with van der Waals surface area (Å²) in [5, 5.41) is 3.87. The van der Waals surface area contributed by atoms with Gasteiger partial charge in [0.2, 0.25) is 8.32 Å². The van der Waals surface area contributed by atoms with Gasteiger partial charge in [0.15, 0.2) is 0 Å². The second-order valence-corrected chi connectivity index (χ2v) is 19.7. The van der Waals surface area contributed by atoms with Crippen molar-refractivity contribution in [2.45, 2.75) is 103 Å². The maximum Gasteiger partial charge on any atom is 0.250 e. The molecule has 0 bridgehead atoms. The molecule has 1 aliphatic carbocycles. The van der Waals surface area contributed by atoms with Crippen LogP contribution in [-0.4, -0.2) is 53.1 Å². The van der Waals surface area contributed by atoms with Gasteiger partial charge in [0.05, 0.1) is 7.11 Å². The molecule has 1 aliphatic heterocycles. The van der Waals surface area contributed by atoms with Crippen molar-refractivity contribution in [1.82, 2.24) is 10.2 Å². The molecule has 1 atom stereocenters. The van der Waals surface area contributed by atoms with E-state index in [2.05, 4.69) is 105 Å². The van der Waals surface area contributed by atoms with E-state index in [-0.39, 0.29) is 5.04 Å². The molecule has 0 amide bonds. The number of rotatable bonds is 13. The van der Waals surface area contributed by atoms with Gasteiger partial charge in [0.1, 0.15) is 23.9 Å². The zero-order valence-electron chi connectivity index (χ0n) is 29.4. The van der Waals surface area contributed by atoms with Crippen molar-refractivity contribution in [3.63, 3.8) is 0 Å². The Hall–Kier alpha value is -2.80. The highest BCUT2D eigenvalue weighted by atomic mass is 28.4. The smallest absolute Gasteiger partial charge is 0.250 e. The van der Waals surface area contributed by atoms with Crippen LogP contribution in [0.5, 0.6) is 17.2 Å².